The van der Waals surface area contributed by atoms with Gasteiger partial charge in [-0.2, -0.15) is 13.2 Å². The van der Waals surface area contributed by atoms with E-state index in [1.807, 2.05) is 6.92 Å². The van der Waals surface area contributed by atoms with E-state index in [1.165, 1.54) is 0 Å². The van der Waals surface area contributed by atoms with Crippen LogP contribution in [0.2, 0.25) is 0 Å². The van der Waals surface area contributed by atoms with Gasteiger partial charge in [-0.05, 0) is 6.42 Å². The van der Waals surface area contributed by atoms with Crippen molar-refractivity contribution in [2.45, 2.75) is 25.1 Å². The van der Waals surface area contributed by atoms with Crippen LogP contribution in [0.5, 0.6) is 0 Å². The summed E-state index contributed by atoms with van der Waals surface area (Å²) in [5.41, 5.74) is -0.774. The Morgan fingerprint density at radius 2 is 2.06 bits per heavy atom. The van der Waals surface area contributed by atoms with Gasteiger partial charge in [0.25, 0.3) is 0 Å². The lowest BCUT2D eigenvalue weighted by Gasteiger charge is -2.45. The predicted molar refractivity (Wildman–Crippen MR) is 50.7 cm³/mol. The summed E-state index contributed by atoms with van der Waals surface area (Å²) in [4.78, 5) is 12.7. The lowest BCUT2D eigenvalue weighted by molar-refractivity contribution is -0.144. The van der Waals surface area contributed by atoms with Gasteiger partial charge in [-0.25, -0.2) is 0 Å². The van der Waals surface area contributed by atoms with Crippen molar-refractivity contribution in [3.05, 3.63) is 0 Å². The van der Waals surface area contributed by atoms with Crippen LogP contribution in [0.4, 0.5) is 13.2 Å². The van der Waals surface area contributed by atoms with Crippen LogP contribution in [0.3, 0.4) is 0 Å². The van der Waals surface area contributed by atoms with Crippen LogP contribution >= 0.6 is 0 Å². The van der Waals surface area contributed by atoms with Gasteiger partial charge >= 0.3 is 6.18 Å². The first-order chi connectivity index (χ1) is 7.24. The second kappa shape index (κ2) is 4.58. The molecule has 16 heavy (non-hydrogen) atoms. The Labute approximate surface area is 91.4 Å². The number of hydrogen-bond acceptors (Lipinski definition) is 3. The first-order valence-corrected chi connectivity index (χ1v) is 5.02. The molecule has 0 aliphatic carbocycles. The Balaban J connectivity index is 2.18. The summed E-state index contributed by atoms with van der Waals surface area (Å²) < 4.78 is 35.3. The molecule has 1 aliphatic heterocycles. The fourth-order valence-electron chi connectivity index (χ4n) is 1.58. The summed E-state index contributed by atoms with van der Waals surface area (Å²) >= 11 is 0. The molecule has 2 N–H and O–H groups in total. The third-order valence-electron chi connectivity index (χ3n) is 2.55. The normalized spacial score (nSPS) is 20.3. The molecule has 1 rings (SSSR count). The molecule has 7 heteroatoms. The topological polar surface area (TPSA) is 52.6 Å². The summed E-state index contributed by atoms with van der Waals surface area (Å²) in [6, 6.07) is 0. The van der Waals surface area contributed by atoms with Gasteiger partial charge in [-0.3, -0.25) is 9.69 Å². The number of carbonyl (C=O) groups is 1. The third kappa shape index (κ3) is 3.97. The highest BCUT2D eigenvalue weighted by atomic mass is 19.4. The molecule has 1 heterocycles. The average molecular weight is 240 g/mol. The number of β-amino-alcohol motifs (C(OH)–C–C–N with tert-alkyl or cyclic N) is 1. The highest BCUT2D eigenvalue weighted by Crippen LogP contribution is 2.23. The van der Waals surface area contributed by atoms with Crippen molar-refractivity contribution in [2.24, 2.45) is 0 Å². The maximum Gasteiger partial charge on any atom is 0.405 e. The monoisotopic (exact) mass is 240 g/mol. The van der Waals surface area contributed by atoms with Gasteiger partial charge in [-0.1, -0.05) is 6.92 Å². The molecular weight excluding hydrogens is 225 g/mol. The van der Waals surface area contributed by atoms with Crippen molar-refractivity contribution >= 4 is 5.91 Å². The maximum absolute atomic E-state index is 11.8. The maximum atomic E-state index is 11.8. The van der Waals surface area contributed by atoms with E-state index in [9.17, 15) is 23.1 Å². The molecule has 94 valence electrons. The van der Waals surface area contributed by atoms with Crippen molar-refractivity contribution < 1.29 is 23.1 Å². The van der Waals surface area contributed by atoms with E-state index >= 15 is 0 Å². The fourth-order valence-corrected chi connectivity index (χ4v) is 1.58. The van der Waals surface area contributed by atoms with Gasteiger partial charge in [0.2, 0.25) is 5.91 Å². The van der Waals surface area contributed by atoms with Crippen molar-refractivity contribution in [3.63, 3.8) is 0 Å². The Kier molecular flexibility index (Phi) is 3.80. The summed E-state index contributed by atoms with van der Waals surface area (Å²) in [6.45, 7) is 1.09. The molecule has 0 radical (unpaired) electrons. The SMILES string of the molecule is CCC1(O)CN(CC(=O)NCC(F)(F)F)C1. The highest BCUT2D eigenvalue weighted by Gasteiger charge is 2.40. The van der Waals surface area contributed by atoms with E-state index in [2.05, 4.69) is 0 Å². The first kappa shape index (κ1) is 13.2. The number of rotatable bonds is 4. The molecule has 1 fully saturated rings. The molecule has 4 nitrogen and oxygen atoms in total. The Morgan fingerprint density at radius 3 is 2.50 bits per heavy atom. The smallest absolute Gasteiger partial charge is 0.387 e. The summed E-state index contributed by atoms with van der Waals surface area (Å²) in [5.74, 6) is -0.671. The minimum Gasteiger partial charge on any atom is -0.387 e. The van der Waals surface area contributed by atoms with Crippen LogP contribution in [0.15, 0.2) is 0 Å². The van der Waals surface area contributed by atoms with Crippen LogP contribution in [-0.2, 0) is 4.79 Å². The molecule has 0 aromatic rings. The van der Waals surface area contributed by atoms with Crippen molar-refractivity contribution in [3.8, 4) is 0 Å². The second-order valence-corrected chi connectivity index (χ2v) is 4.11. The van der Waals surface area contributed by atoms with Crippen molar-refractivity contribution in [1.29, 1.82) is 0 Å². The molecule has 0 spiro atoms. The van der Waals surface area contributed by atoms with Gasteiger partial charge in [-0.15, -0.1) is 0 Å². The van der Waals surface area contributed by atoms with E-state index in [1.54, 1.807) is 10.2 Å². The molecule has 1 aliphatic rings. The van der Waals surface area contributed by atoms with Crippen LogP contribution in [0.1, 0.15) is 13.3 Å². The standard InChI is InChI=1S/C9H15F3N2O2/c1-2-8(16)5-14(6-8)3-7(15)13-4-9(10,11)12/h16H,2-6H2,1H3,(H,13,15). The minimum atomic E-state index is -4.38. The molecule has 0 unspecified atom stereocenters. The van der Waals surface area contributed by atoms with Gasteiger partial charge < -0.3 is 10.4 Å². The molecule has 0 aromatic heterocycles. The summed E-state index contributed by atoms with van der Waals surface area (Å²) in [6.07, 6.45) is -3.80. The quantitative estimate of drug-likeness (QED) is 0.734. The molecule has 1 saturated heterocycles. The highest BCUT2D eigenvalue weighted by molar-refractivity contribution is 5.78. The number of likely N-dealkylation sites (tertiary alicyclic amines) is 1. The van der Waals surface area contributed by atoms with Gasteiger partial charge in [0.05, 0.1) is 12.1 Å². The molecular formula is C9H15F3N2O2. The Morgan fingerprint density at radius 1 is 1.50 bits per heavy atom. The van der Waals surface area contributed by atoms with E-state index in [0.29, 0.717) is 19.5 Å². The fraction of sp³-hybridized carbons (Fsp3) is 0.889. The molecule has 0 bridgehead atoms. The summed E-state index contributed by atoms with van der Waals surface area (Å²) in [5, 5.41) is 11.4. The molecule has 1 amide bonds. The third-order valence-corrected chi connectivity index (χ3v) is 2.55. The van der Waals surface area contributed by atoms with E-state index in [4.69, 9.17) is 0 Å². The minimum absolute atomic E-state index is 0.0988. The number of amides is 1. The number of carbonyl (C=O) groups excluding carboxylic acids is 1. The Hall–Kier alpha value is -0.820. The number of alkyl halides is 3. The van der Waals surface area contributed by atoms with Crippen LogP contribution < -0.4 is 5.32 Å². The lowest BCUT2D eigenvalue weighted by atomic mass is 9.91. The largest absolute Gasteiger partial charge is 0.405 e. The average Bonchev–Trinajstić information content (AvgIpc) is 2.11. The number of aliphatic hydroxyl groups is 1. The summed E-state index contributed by atoms with van der Waals surface area (Å²) in [7, 11) is 0. The van der Waals surface area contributed by atoms with Crippen molar-refractivity contribution in [1.82, 2.24) is 10.2 Å². The van der Waals surface area contributed by atoms with Crippen molar-refractivity contribution in [2.75, 3.05) is 26.2 Å². The van der Waals surface area contributed by atoms with Gasteiger partial charge in [0.15, 0.2) is 0 Å². The number of hydrogen-bond donors (Lipinski definition) is 2. The molecule has 0 atom stereocenters. The van der Waals surface area contributed by atoms with Gasteiger partial charge in [0, 0.05) is 13.1 Å². The second-order valence-electron chi connectivity index (χ2n) is 4.11. The van der Waals surface area contributed by atoms with Crippen LogP contribution in [0.25, 0.3) is 0 Å². The first-order valence-electron chi connectivity index (χ1n) is 5.02. The van der Waals surface area contributed by atoms with Crippen LogP contribution in [-0.4, -0.2) is 53.9 Å². The molecule has 0 saturated carbocycles. The predicted octanol–water partition coefficient (Wildman–Crippen LogP) is 0.122. The number of nitrogens with one attached hydrogen (secondary N) is 1. The van der Waals surface area contributed by atoms with Gasteiger partial charge in [0.1, 0.15) is 6.54 Å². The number of nitrogens with zero attached hydrogens (tertiary/aromatic N) is 1. The zero-order valence-electron chi connectivity index (χ0n) is 8.97. The Bertz CT molecular complexity index is 262. The molecule has 0 aromatic carbocycles. The van der Waals surface area contributed by atoms with E-state index in [0.717, 1.165) is 0 Å². The number of halogens is 3. The van der Waals surface area contributed by atoms with E-state index in [-0.39, 0.29) is 6.54 Å². The zero-order chi connectivity index (χ0) is 12.4. The van der Waals surface area contributed by atoms with E-state index < -0.39 is 24.2 Å². The zero-order valence-corrected chi connectivity index (χ0v) is 8.97. The lowest BCUT2D eigenvalue weighted by Crippen LogP contribution is -2.63. The van der Waals surface area contributed by atoms with Crippen LogP contribution in [0, 0.1) is 0 Å².